The van der Waals surface area contributed by atoms with Crippen LogP contribution in [0.25, 0.3) is 44.3 Å². The Morgan fingerprint density at radius 1 is 0.625 bits per heavy atom. The van der Waals surface area contributed by atoms with E-state index >= 15 is 0 Å². The normalized spacial score (nSPS) is 11.1. The third-order valence-electron chi connectivity index (χ3n) is 5.29. The number of hydrogen-bond donors (Lipinski definition) is 2. The fourth-order valence-electron chi connectivity index (χ4n) is 3.70. The summed E-state index contributed by atoms with van der Waals surface area (Å²) in [6.45, 7) is 0. The maximum atomic E-state index is 10.4. The number of benzene rings is 4. The van der Waals surface area contributed by atoms with Crippen LogP contribution in [0.15, 0.2) is 66.7 Å². The van der Waals surface area contributed by atoms with Crippen molar-refractivity contribution in [3.63, 3.8) is 0 Å². The first kappa shape index (κ1) is 19.6. The molecule has 5 aromatic rings. The Morgan fingerprint density at radius 2 is 1.25 bits per heavy atom. The number of phenols is 2. The van der Waals surface area contributed by atoms with Gasteiger partial charge in [-0.2, -0.15) is 9.97 Å². The highest BCUT2D eigenvalue weighted by atomic mass is 16.5. The molecule has 0 saturated heterocycles. The van der Waals surface area contributed by atoms with E-state index in [0.717, 1.165) is 21.7 Å². The van der Waals surface area contributed by atoms with Gasteiger partial charge in [-0.1, -0.05) is 36.4 Å². The van der Waals surface area contributed by atoms with E-state index < -0.39 is 0 Å². The molecule has 0 radical (unpaired) electrons. The summed E-state index contributed by atoms with van der Waals surface area (Å²) in [6, 6.07) is 21.2. The average Bonchev–Trinajstić information content (AvgIpc) is 2.81. The van der Waals surface area contributed by atoms with Gasteiger partial charge >= 0.3 is 6.01 Å². The lowest BCUT2D eigenvalue weighted by molar-refractivity contribution is 0.379. The van der Waals surface area contributed by atoms with Crippen LogP contribution in [-0.4, -0.2) is 39.4 Å². The molecule has 0 atom stereocenters. The van der Waals surface area contributed by atoms with Gasteiger partial charge in [-0.15, -0.1) is 0 Å². The van der Waals surface area contributed by atoms with Crippen molar-refractivity contribution in [1.29, 1.82) is 0 Å². The van der Waals surface area contributed by atoms with Gasteiger partial charge in [-0.05, 0) is 39.7 Å². The minimum Gasteiger partial charge on any atom is -0.507 e. The Hall–Kier alpha value is -4.39. The minimum absolute atomic E-state index is 0.0678. The van der Waals surface area contributed by atoms with Gasteiger partial charge in [0.25, 0.3) is 0 Å². The molecule has 32 heavy (non-hydrogen) atoms. The fourth-order valence-corrected chi connectivity index (χ4v) is 3.70. The molecule has 0 aliphatic carbocycles. The fraction of sp³-hybridized carbons (Fsp3) is 0.0800. The molecule has 0 unspecified atom stereocenters. The largest absolute Gasteiger partial charge is 0.507 e. The highest BCUT2D eigenvalue weighted by Gasteiger charge is 2.19. The SMILES string of the molecule is COc1cc(O)c(-c2nc(OC)nc(-c3ccc4cc5ccccc5cc4c3)n2)c(O)c1. The zero-order valence-electron chi connectivity index (χ0n) is 17.4. The quantitative estimate of drug-likeness (QED) is 0.394. The van der Waals surface area contributed by atoms with Crippen molar-refractivity contribution >= 4 is 21.5 Å². The van der Waals surface area contributed by atoms with E-state index in [-0.39, 0.29) is 28.9 Å². The Bertz CT molecular complexity index is 1460. The maximum Gasteiger partial charge on any atom is 0.320 e. The number of rotatable bonds is 4. The molecule has 7 heteroatoms. The molecular formula is C25H19N3O4. The van der Waals surface area contributed by atoms with Gasteiger partial charge in [0.2, 0.25) is 0 Å². The molecule has 0 bridgehead atoms. The molecule has 0 amide bonds. The molecule has 0 saturated carbocycles. The lowest BCUT2D eigenvalue weighted by atomic mass is 10.0. The second kappa shape index (κ2) is 7.70. The summed E-state index contributed by atoms with van der Waals surface area (Å²) in [6.07, 6.45) is 0. The van der Waals surface area contributed by atoms with Gasteiger partial charge in [0.05, 0.1) is 14.2 Å². The number of fused-ring (bicyclic) bond motifs is 2. The van der Waals surface area contributed by atoms with Crippen LogP contribution in [0.3, 0.4) is 0 Å². The van der Waals surface area contributed by atoms with Crippen molar-refractivity contribution < 1.29 is 19.7 Å². The standard InChI is InChI=1S/C25H19N3O4/c1-31-19-12-20(29)22(21(30)13-19)24-26-23(27-25(28-24)32-2)17-8-7-16-9-14-5-3-4-6-15(14)10-18(16)11-17/h3-13,29-30H,1-2H3. The summed E-state index contributed by atoms with van der Waals surface area (Å²) in [5.74, 6) is 0.323. The van der Waals surface area contributed by atoms with Crippen LogP contribution in [0.5, 0.6) is 23.3 Å². The molecule has 7 nitrogen and oxygen atoms in total. The number of aromatic nitrogens is 3. The van der Waals surface area contributed by atoms with Crippen molar-refractivity contribution in [3.8, 4) is 46.0 Å². The third kappa shape index (κ3) is 3.39. The average molecular weight is 425 g/mol. The van der Waals surface area contributed by atoms with E-state index in [2.05, 4.69) is 39.2 Å². The Kier molecular flexibility index (Phi) is 4.71. The van der Waals surface area contributed by atoms with E-state index in [4.69, 9.17) is 9.47 Å². The Balaban J connectivity index is 1.67. The van der Waals surface area contributed by atoms with E-state index in [1.807, 2.05) is 30.3 Å². The topological polar surface area (TPSA) is 97.6 Å². The molecule has 5 rings (SSSR count). The minimum atomic E-state index is -0.217. The number of phenolic OH excluding ortho intramolecular Hbond substituents is 2. The molecule has 2 N–H and O–H groups in total. The summed E-state index contributed by atoms with van der Waals surface area (Å²) in [7, 11) is 2.89. The van der Waals surface area contributed by atoms with Crippen LogP contribution < -0.4 is 9.47 Å². The number of ether oxygens (including phenoxy) is 2. The molecule has 0 spiro atoms. The smallest absolute Gasteiger partial charge is 0.320 e. The second-order valence-electron chi connectivity index (χ2n) is 7.27. The van der Waals surface area contributed by atoms with E-state index in [1.54, 1.807) is 0 Å². The zero-order valence-corrected chi connectivity index (χ0v) is 17.4. The van der Waals surface area contributed by atoms with Gasteiger partial charge < -0.3 is 19.7 Å². The molecule has 0 aliphatic heterocycles. The second-order valence-corrected chi connectivity index (χ2v) is 7.27. The highest BCUT2D eigenvalue weighted by molar-refractivity contribution is 5.99. The van der Waals surface area contributed by atoms with Gasteiger partial charge in [-0.3, -0.25) is 0 Å². The highest BCUT2D eigenvalue weighted by Crippen LogP contribution is 2.40. The maximum absolute atomic E-state index is 10.4. The van der Waals surface area contributed by atoms with E-state index in [1.165, 1.54) is 31.7 Å². The molecular weight excluding hydrogens is 406 g/mol. The van der Waals surface area contributed by atoms with Crippen LogP contribution in [0, 0.1) is 0 Å². The summed E-state index contributed by atoms with van der Waals surface area (Å²) in [5, 5.41) is 25.3. The number of methoxy groups -OCH3 is 2. The van der Waals surface area contributed by atoms with Crippen molar-refractivity contribution in [2.75, 3.05) is 14.2 Å². The van der Waals surface area contributed by atoms with Gasteiger partial charge in [-0.25, -0.2) is 4.98 Å². The van der Waals surface area contributed by atoms with Crippen LogP contribution in [0.2, 0.25) is 0 Å². The molecule has 1 aromatic heterocycles. The number of nitrogens with zero attached hydrogens (tertiary/aromatic N) is 3. The lowest BCUT2D eigenvalue weighted by Gasteiger charge is -2.11. The zero-order chi connectivity index (χ0) is 22.2. The van der Waals surface area contributed by atoms with E-state index in [9.17, 15) is 10.2 Å². The monoisotopic (exact) mass is 425 g/mol. The third-order valence-corrected chi connectivity index (χ3v) is 5.29. The van der Waals surface area contributed by atoms with Crippen LogP contribution >= 0.6 is 0 Å². The summed E-state index contributed by atoms with van der Waals surface area (Å²) in [4.78, 5) is 13.1. The molecule has 4 aromatic carbocycles. The molecule has 0 aliphatic rings. The van der Waals surface area contributed by atoms with E-state index in [0.29, 0.717) is 11.6 Å². The molecule has 0 fully saturated rings. The van der Waals surface area contributed by atoms with Crippen LogP contribution in [-0.2, 0) is 0 Å². The van der Waals surface area contributed by atoms with Gasteiger partial charge in [0.1, 0.15) is 22.8 Å². The molecule has 1 heterocycles. The predicted molar refractivity (Wildman–Crippen MR) is 122 cm³/mol. The van der Waals surface area contributed by atoms with Crippen LogP contribution in [0.1, 0.15) is 0 Å². The Labute approximate surface area is 183 Å². The Morgan fingerprint density at radius 3 is 1.91 bits per heavy atom. The first-order valence-corrected chi connectivity index (χ1v) is 9.89. The van der Waals surface area contributed by atoms with Gasteiger partial charge in [0, 0.05) is 17.7 Å². The predicted octanol–water partition coefficient (Wildman–Crippen LogP) is 4.94. The van der Waals surface area contributed by atoms with Crippen molar-refractivity contribution in [3.05, 3.63) is 66.7 Å². The number of aromatic hydroxyl groups is 2. The van der Waals surface area contributed by atoms with Crippen LogP contribution in [0.4, 0.5) is 0 Å². The lowest BCUT2D eigenvalue weighted by Crippen LogP contribution is -2.01. The summed E-state index contributed by atoms with van der Waals surface area (Å²) < 4.78 is 10.3. The summed E-state index contributed by atoms with van der Waals surface area (Å²) >= 11 is 0. The first-order valence-electron chi connectivity index (χ1n) is 9.89. The van der Waals surface area contributed by atoms with Crippen molar-refractivity contribution in [1.82, 2.24) is 15.0 Å². The van der Waals surface area contributed by atoms with Crippen molar-refractivity contribution in [2.45, 2.75) is 0 Å². The van der Waals surface area contributed by atoms with Gasteiger partial charge in [0.15, 0.2) is 11.6 Å². The summed E-state index contributed by atoms with van der Waals surface area (Å²) in [5.41, 5.74) is 0.821. The number of hydrogen-bond acceptors (Lipinski definition) is 7. The van der Waals surface area contributed by atoms with Crippen molar-refractivity contribution in [2.24, 2.45) is 0 Å². The molecule has 158 valence electrons. The first-order chi connectivity index (χ1) is 15.6.